The van der Waals surface area contributed by atoms with Crippen LogP contribution in [0, 0.1) is 6.92 Å². The summed E-state index contributed by atoms with van der Waals surface area (Å²) in [6, 6.07) is 7.87. The quantitative estimate of drug-likeness (QED) is 0.583. The average Bonchev–Trinajstić information content (AvgIpc) is 2.44. The maximum atomic E-state index is 10.6. The molecule has 0 aliphatic heterocycles. The van der Waals surface area contributed by atoms with Gasteiger partial charge in [0.05, 0.1) is 5.52 Å². The molecule has 0 spiro atoms. The van der Waals surface area contributed by atoms with Gasteiger partial charge in [0, 0.05) is 11.6 Å². The van der Waals surface area contributed by atoms with Crippen LogP contribution in [0.25, 0.3) is 10.9 Å². The second-order valence-corrected chi connectivity index (χ2v) is 2.84. The van der Waals surface area contributed by atoms with Gasteiger partial charge in [-0.15, -0.1) is 0 Å². The van der Waals surface area contributed by atoms with Crippen molar-refractivity contribution in [3.05, 3.63) is 36.0 Å². The zero-order chi connectivity index (χ0) is 8.55. The van der Waals surface area contributed by atoms with Gasteiger partial charge in [-0.05, 0) is 18.6 Å². The van der Waals surface area contributed by atoms with E-state index in [0.717, 1.165) is 22.9 Å². The molecule has 0 amide bonds. The SMILES string of the molecule is Cc1cn(C=O)c2ccccc12. The van der Waals surface area contributed by atoms with Crippen LogP contribution >= 0.6 is 0 Å². The van der Waals surface area contributed by atoms with Crippen molar-refractivity contribution in [3.8, 4) is 0 Å². The van der Waals surface area contributed by atoms with Crippen LogP contribution < -0.4 is 0 Å². The van der Waals surface area contributed by atoms with Crippen LogP contribution in [0.5, 0.6) is 0 Å². The Morgan fingerprint density at radius 2 is 2.08 bits per heavy atom. The predicted molar refractivity (Wildman–Crippen MR) is 48.8 cm³/mol. The molecule has 1 heterocycles. The van der Waals surface area contributed by atoms with E-state index in [1.165, 1.54) is 0 Å². The van der Waals surface area contributed by atoms with Gasteiger partial charge in [-0.25, -0.2) is 0 Å². The van der Waals surface area contributed by atoms with E-state index in [1.54, 1.807) is 4.57 Å². The fraction of sp³-hybridized carbons (Fsp3) is 0.100. The van der Waals surface area contributed by atoms with E-state index < -0.39 is 0 Å². The number of benzene rings is 1. The van der Waals surface area contributed by atoms with Crippen molar-refractivity contribution >= 4 is 17.3 Å². The van der Waals surface area contributed by atoms with Gasteiger partial charge < -0.3 is 0 Å². The molecule has 0 atom stereocenters. The molecular formula is C10H9NO. The fourth-order valence-corrected chi connectivity index (χ4v) is 1.47. The first-order valence-corrected chi connectivity index (χ1v) is 3.84. The van der Waals surface area contributed by atoms with Crippen molar-refractivity contribution in [1.29, 1.82) is 0 Å². The molecule has 0 aliphatic rings. The Morgan fingerprint density at radius 1 is 1.33 bits per heavy atom. The van der Waals surface area contributed by atoms with E-state index in [9.17, 15) is 4.79 Å². The summed E-state index contributed by atoms with van der Waals surface area (Å²) in [5.41, 5.74) is 2.11. The van der Waals surface area contributed by atoms with Gasteiger partial charge in [-0.1, -0.05) is 18.2 Å². The maximum Gasteiger partial charge on any atom is 0.218 e. The van der Waals surface area contributed by atoms with Crippen LogP contribution in [0.3, 0.4) is 0 Å². The normalized spacial score (nSPS) is 10.4. The van der Waals surface area contributed by atoms with Crippen LogP contribution in [0.1, 0.15) is 5.56 Å². The summed E-state index contributed by atoms with van der Waals surface area (Å²) in [5.74, 6) is 0. The number of para-hydroxylation sites is 1. The van der Waals surface area contributed by atoms with E-state index in [4.69, 9.17) is 0 Å². The first kappa shape index (κ1) is 7.10. The molecule has 2 rings (SSSR count). The number of rotatable bonds is 1. The predicted octanol–water partition coefficient (Wildman–Crippen LogP) is 1.99. The summed E-state index contributed by atoms with van der Waals surface area (Å²) in [6.07, 6.45) is 2.67. The number of fused-ring (bicyclic) bond motifs is 1. The van der Waals surface area contributed by atoms with Crippen molar-refractivity contribution in [2.24, 2.45) is 0 Å². The van der Waals surface area contributed by atoms with Crippen LogP contribution in [0.15, 0.2) is 30.5 Å². The molecule has 1 aromatic carbocycles. The van der Waals surface area contributed by atoms with Gasteiger partial charge in [0.25, 0.3) is 0 Å². The largest absolute Gasteiger partial charge is 0.290 e. The Labute approximate surface area is 70.4 Å². The summed E-state index contributed by atoms with van der Waals surface area (Å²) >= 11 is 0. The third-order valence-corrected chi connectivity index (χ3v) is 2.05. The highest BCUT2D eigenvalue weighted by molar-refractivity contribution is 5.88. The van der Waals surface area contributed by atoms with Crippen LogP contribution in [-0.4, -0.2) is 11.0 Å². The van der Waals surface area contributed by atoms with Crippen molar-refractivity contribution in [2.75, 3.05) is 0 Å². The van der Waals surface area contributed by atoms with Gasteiger partial charge in [0.1, 0.15) is 0 Å². The summed E-state index contributed by atoms with van der Waals surface area (Å²) in [4.78, 5) is 10.6. The molecule has 2 nitrogen and oxygen atoms in total. The number of hydrogen-bond donors (Lipinski definition) is 0. The van der Waals surface area contributed by atoms with Gasteiger partial charge in [0.15, 0.2) is 0 Å². The molecule has 2 aromatic rings. The Morgan fingerprint density at radius 3 is 2.83 bits per heavy atom. The highest BCUT2D eigenvalue weighted by Gasteiger charge is 2.01. The topological polar surface area (TPSA) is 22.0 Å². The van der Waals surface area contributed by atoms with E-state index in [-0.39, 0.29) is 0 Å². The summed E-state index contributed by atoms with van der Waals surface area (Å²) in [6.45, 7) is 2.00. The van der Waals surface area contributed by atoms with E-state index in [1.807, 2.05) is 37.4 Å². The van der Waals surface area contributed by atoms with Gasteiger partial charge >= 0.3 is 0 Å². The molecule has 0 bridgehead atoms. The summed E-state index contributed by atoms with van der Waals surface area (Å²) < 4.78 is 1.60. The van der Waals surface area contributed by atoms with Crippen LogP contribution in [0.4, 0.5) is 0 Å². The Kier molecular flexibility index (Phi) is 1.47. The number of hydrogen-bond acceptors (Lipinski definition) is 1. The molecule has 0 saturated carbocycles. The molecule has 0 radical (unpaired) electrons. The van der Waals surface area contributed by atoms with Crippen molar-refractivity contribution in [3.63, 3.8) is 0 Å². The highest BCUT2D eigenvalue weighted by atomic mass is 16.1. The number of carbonyl (C=O) groups excluding carboxylic acids is 1. The number of nitrogens with zero attached hydrogens (tertiary/aromatic N) is 1. The highest BCUT2D eigenvalue weighted by Crippen LogP contribution is 2.18. The number of carbonyl (C=O) groups is 1. The second kappa shape index (κ2) is 2.48. The molecule has 0 aliphatic carbocycles. The van der Waals surface area contributed by atoms with Crippen LogP contribution in [0.2, 0.25) is 0 Å². The smallest absolute Gasteiger partial charge is 0.218 e. The molecule has 2 heteroatoms. The molecule has 0 saturated heterocycles. The lowest BCUT2D eigenvalue weighted by atomic mass is 10.2. The Balaban J connectivity index is 2.91. The molecule has 12 heavy (non-hydrogen) atoms. The monoisotopic (exact) mass is 159 g/mol. The second-order valence-electron chi connectivity index (χ2n) is 2.84. The zero-order valence-electron chi connectivity index (χ0n) is 6.82. The van der Waals surface area contributed by atoms with Crippen LogP contribution in [-0.2, 0) is 4.79 Å². The van der Waals surface area contributed by atoms with E-state index >= 15 is 0 Å². The third kappa shape index (κ3) is 0.848. The van der Waals surface area contributed by atoms with E-state index in [0.29, 0.717) is 0 Å². The lowest BCUT2D eigenvalue weighted by Gasteiger charge is -1.91. The molecular weight excluding hydrogens is 150 g/mol. The fourth-order valence-electron chi connectivity index (χ4n) is 1.47. The minimum atomic E-state index is 0.829. The summed E-state index contributed by atoms with van der Waals surface area (Å²) in [7, 11) is 0. The molecule has 0 unspecified atom stereocenters. The number of aromatic nitrogens is 1. The first-order chi connectivity index (χ1) is 5.83. The lowest BCUT2D eigenvalue weighted by molar-refractivity contribution is 0.549. The summed E-state index contributed by atoms with van der Waals surface area (Å²) in [5, 5.41) is 1.14. The lowest BCUT2D eigenvalue weighted by Crippen LogP contribution is -1.89. The standard InChI is InChI=1S/C10H9NO/c1-8-6-11(7-12)10-5-3-2-4-9(8)10/h2-7H,1H3. The first-order valence-electron chi connectivity index (χ1n) is 3.84. The van der Waals surface area contributed by atoms with E-state index in [2.05, 4.69) is 0 Å². The van der Waals surface area contributed by atoms with Crippen molar-refractivity contribution < 1.29 is 4.79 Å². The minimum absolute atomic E-state index is 0.829. The molecule has 0 N–H and O–H groups in total. The van der Waals surface area contributed by atoms with Gasteiger partial charge in [0.2, 0.25) is 6.41 Å². The minimum Gasteiger partial charge on any atom is -0.290 e. The van der Waals surface area contributed by atoms with Gasteiger partial charge in [-0.2, -0.15) is 0 Å². The van der Waals surface area contributed by atoms with Crippen molar-refractivity contribution in [2.45, 2.75) is 6.92 Å². The Bertz CT molecular complexity index is 428. The number of aryl methyl sites for hydroxylation is 1. The molecule has 0 fully saturated rings. The zero-order valence-corrected chi connectivity index (χ0v) is 6.82. The maximum absolute atomic E-state index is 10.6. The Hall–Kier alpha value is -1.57. The molecule has 60 valence electrons. The molecule has 1 aromatic heterocycles. The van der Waals surface area contributed by atoms with Gasteiger partial charge in [-0.3, -0.25) is 9.36 Å². The average molecular weight is 159 g/mol. The van der Waals surface area contributed by atoms with Crippen molar-refractivity contribution in [1.82, 2.24) is 4.57 Å². The third-order valence-electron chi connectivity index (χ3n) is 2.05.